The second-order valence-electron chi connectivity index (χ2n) is 4.71. The van der Waals surface area contributed by atoms with Gasteiger partial charge in [0.15, 0.2) is 0 Å². The third-order valence-corrected chi connectivity index (χ3v) is 2.83. The van der Waals surface area contributed by atoms with E-state index in [1.165, 1.54) is 0 Å². The molecule has 16 heavy (non-hydrogen) atoms. The van der Waals surface area contributed by atoms with Gasteiger partial charge in [0.2, 0.25) is 5.91 Å². The molecule has 1 aromatic heterocycles. The number of likely N-dealkylation sites (tertiary alicyclic amines) is 1. The maximum atomic E-state index is 11.7. The minimum absolute atomic E-state index is 0.0985. The van der Waals surface area contributed by atoms with Gasteiger partial charge >= 0.3 is 0 Å². The summed E-state index contributed by atoms with van der Waals surface area (Å²) in [4.78, 5) is 13.9. The zero-order valence-electron chi connectivity index (χ0n) is 9.97. The lowest BCUT2D eigenvalue weighted by molar-refractivity contribution is -0.124. The summed E-state index contributed by atoms with van der Waals surface area (Å²) in [5.74, 6) is 0.230. The molecule has 2 heterocycles. The van der Waals surface area contributed by atoms with Crippen molar-refractivity contribution in [3.05, 3.63) is 12.4 Å². The van der Waals surface area contributed by atoms with Crippen LogP contribution in [0.4, 0.5) is 5.69 Å². The molecule has 1 amide bonds. The Morgan fingerprint density at radius 1 is 1.56 bits per heavy atom. The highest BCUT2D eigenvalue weighted by Crippen LogP contribution is 2.16. The highest BCUT2D eigenvalue weighted by Gasteiger charge is 2.29. The smallest absolute Gasteiger partial charge is 0.230 e. The van der Waals surface area contributed by atoms with Gasteiger partial charge in [-0.15, -0.1) is 0 Å². The first kappa shape index (κ1) is 11.1. The summed E-state index contributed by atoms with van der Waals surface area (Å²) in [5.41, 5.74) is 0.785. The van der Waals surface area contributed by atoms with E-state index in [0.29, 0.717) is 6.04 Å². The molecule has 0 spiro atoms. The molecule has 0 aromatic carbocycles. The number of anilines is 1. The predicted octanol–water partition coefficient (Wildman–Crippen LogP) is 0.964. The molecule has 1 aliphatic heterocycles. The summed E-state index contributed by atoms with van der Waals surface area (Å²) >= 11 is 0. The normalized spacial score (nSPS) is 17.5. The van der Waals surface area contributed by atoms with Crippen molar-refractivity contribution < 1.29 is 4.79 Å². The van der Waals surface area contributed by atoms with E-state index < -0.39 is 0 Å². The molecule has 5 nitrogen and oxygen atoms in total. The van der Waals surface area contributed by atoms with Crippen LogP contribution in [0, 0.1) is 5.92 Å². The summed E-state index contributed by atoms with van der Waals surface area (Å²) in [6.07, 6.45) is 3.56. The topological polar surface area (TPSA) is 50.2 Å². The lowest BCUT2D eigenvalue weighted by atomic mass is 10.0. The van der Waals surface area contributed by atoms with Gasteiger partial charge in [-0.1, -0.05) is 0 Å². The summed E-state index contributed by atoms with van der Waals surface area (Å²) in [6.45, 7) is 5.81. The fourth-order valence-corrected chi connectivity index (χ4v) is 1.79. The number of aromatic nitrogens is 2. The van der Waals surface area contributed by atoms with Crippen molar-refractivity contribution >= 4 is 11.6 Å². The Bertz CT molecular complexity index is 379. The number of carbonyl (C=O) groups excluding carboxylic acids is 1. The third-order valence-electron chi connectivity index (χ3n) is 2.83. The number of amides is 1. The SMILES string of the molecule is CC(C)n1cc(NC(=O)C2CN(C)C2)cn1. The Morgan fingerprint density at radius 3 is 2.75 bits per heavy atom. The highest BCUT2D eigenvalue weighted by molar-refractivity contribution is 5.93. The van der Waals surface area contributed by atoms with Crippen molar-refractivity contribution in [1.82, 2.24) is 14.7 Å². The molecule has 0 bridgehead atoms. The van der Waals surface area contributed by atoms with E-state index in [1.54, 1.807) is 6.20 Å². The molecule has 1 aliphatic rings. The average molecular weight is 222 g/mol. The Hall–Kier alpha value is -1.36. The van der Waals surface area contributed by atoms with Gasteiger partial charge in [0.25, 0.3) is 0 Å². The second-order valence-corrected chi connectivity index (χ2v) is 4.71. The predicted molar refractivity (Wildman–Crippen MR) is 62.2 cm³/mol. The summed E-state index contributed by atoms with van der Waals surface area (Å²) in [5, 5.41) is 7.07. The van der Waals surface area contributed by atoms with Crippen molar-refractivity contribution in [2.75, 3.05) is 25.5 Å². The molecule has 0 unspecified atom stereocenters. The number of nitrogens with zero attached hydrogens (tertiary/aromatic N) is 3. The molecule has 0 aliphatic carbocycles. The van der Waals surface area contributed by atoms with Gasteiger partial charge in [-0.2, -0.15) is 5.10 Å². The van der Waals surface area contributed by atoms with E-state index >= 15 is 0 Å². The van der Waals surface area contributed by atoms with E-state index in [1.807, 2.05) is 17.9 Å². The van der Waals surface area contributed by atoms with Crippen molar-refractivity contribution in [3.8, 4) is 0 Å². The number of hydrogen-bond acceptors (Lipinski definition) is 3. The number of carbonyl (C=O) groups is 1. The molecule has 1 N–H and O–H groups in total. The van der Waals surface area contributed by atoms with Gasteiger partial charge in [0.05, 0.1) is 17.8 Å². The Morgan fingerprint density at radius 2 is 2.25 bits per heavy atom. The molecule has 0 radical (unpaired) electrons. The minimum Gasteiger partial charge on any atom is -0.323 e. The standard InChI is InChI=1S/C11H18N4O/c1-8(2)15-7-10(4-12-15)13-11(16)9-5-14(3)6-9/h4,7-9H,5-6H2,1-3H3,(H,13,16). The van der Waals surface area contributed by atoms with Crippen LogP contribution in [0.15, 0.2) is 12.4 Å². The Balaban J connectivity index is 1.91. The van der Waals surface area contributed by atoms with Gasteiger partial charge < -0.3 is 10.2 Å². The monoisotopic (exact) mass is 222 g/mol. The fraction of sp³-hybridized carbons (Fsp3) is 0.636. The van der Waals surface area contributed by atoms with Crippen molar-refractivity contribution in [2.24, 2.45) is 5.92 Å². The molecule has 1 fully saturated rings. The molecule has 88 valence electrons. The first-order chi connectivity index (χ1) is 7.56. The van der Waals surface area contributed by atoms with Gasteiger partial charge in [-0.05, 0) is 20.9 Å². The van der Waals surface area contributed by atoms with Crippen LogP contribution in [0.2, 0.25) is 0 Å². The Kier molecular flexibility index (Phi) is 2.96. The molecule has 0 atom stereocenters. The van der Waals surface area contributed by atoms with E-state index in [-0.39, 0.29) is 11.8 Å². The van der Waals surface area contributed by atoms with Gasteiger partial charge in [-0.3, -0.25) is 9.48 Å². The minimum atomic E-state index is 0.0985. The summed E-state index contributed by atoms with van der Waals surface area (Å²) < 4.78 is 1.84. The molecular weight excluding hydrogens is 204 g/mol. The highest BCUT2D eigenvalue weighted by atomic mass is 16.2. The van der Waals surface area contributed by atoms with Crippen LogP contribution in [0.3, 0.4) is 0 Å². The van der Waals surface area contributed by atoms with E-state index in [2.05, 4.69) is 29.2 Å². The summed E-state index contributed by atoms with van der Waals surface area (Å²) in [6, 6.07) is 0.320. The largest absolute Gasteiger partial charge is 0.323 e. The van der Waals surface area contributed by atoms with Gasteiger partial charge in [0.1, 0.15) is 0 Å². The zero-order chi connectivity index (χ0) is 11.7. The van der Waals surface area contributed by atoms with Crippen LogP contribution in [0.5, 0.6) is 0 Å². The van der Waals surface area contributed by atoms with Gasteiger partial charge in [0, 0.05) is 25.3 Å². The molecule has 1 aromatic rings. The van der Waals surface area contributed by atoms with Gasteiger partial charge in [-0.25, -0.2) is 0 Å². The van der Waals surface area contributed by atoms with E-state index in [4.69, 9.17) is 0 Å². The number of hydrogen-bond donors (Lipinski definition) is 1. The first-order valence-corrected chi connectivity index (χ1v) is 5.60. The van der Waals surface area contributed by atoms with Crippen LogP contribution in [0.25, 0.3) is 0 Å². The van der Waals surface area contributed by atoms with Crippen molar-refractivity contribution in [3.63, 3.8) is 0 Å². The summed E-state index contributed by atoms with van der Waals surface area (Å²) in [7, 11) is 2.01. The molecule has 5 heteroatoms. The molecule has 1 saturated heterocycles. The number of nitrogens with one attached hydrogen (secondary N) is 1. The Labute approximate surface area is 95.4 Å². The maximum Gasteiger partial charge on any atom is 0.230 e. The zero-order valence-corrected chi connectivity index (χ0v) is 9.97. The van der Waals surface area contributed by atoms with Crippen LogP contribution in [0.1, 0.15) is 19.9 Å². The lowest BCUT2D eigenvalue weighted by Gasteiger charge is -2.34. The number of rotatable bonds is 3. The second kappa shape index (κ2) is 4.25. The molecular formula is C11H18N4O. The third kappa shape index (κ3) is 2.24. The van der Waals surface area contributed by atoms with Crippen LogP contribution in [-0.2, 0) is 4.79 Å². The van der Waals surface area contributed by atoms with Crippen LogP contribution in [-0.4, -0.2) is 40.7 Å². The van der Waals surface area contributed by atoms with Crippen LogP contribution >= 0.6 is 0 Å². The molecule has 2 rings (SSSR count). The van der Waals surface area contributed by atoms with E-state index in [9.17, 15) is 4.79 Å². The maximum absolute atomic E-state index is 11.7. The fourth-order valence-electron chi connectivity index (χ4n) is 1.79. The van der Waals surface area contributed by atoms with Crippen molar-refractivity contribution in [2.45, 2.75) is 19.9 Å². The molecule has 0 saturated carbocycles. The van der Waals surface area contributed by atoms with Crippen molar-refractivity contribution in [1.29, 1.82) is 0 Å². The van der Waals surface area contributed by atoms with E-state index in [0.717, 1.165) is 18.8 Å². The quantitative estimate of drug-likeness (QED) is 0.829. The lowest BCUT2D eigenvalue weighted by Crippen LogP contribution is -2.49. The average Bonchev–Trinajstić information content (AvgIpc) is 2.61. The first-order valence-electron chi connectivity index (χ1n) is 5.60. The van der Waals surface area contributed by atoms with Crippen LogP contribution < -0.4 is 5.32 Å².